The van der Waals surface area contributed by atoms with Gasteiger partial charge in [-0.1, -0.05) is 41.1 Å². The van der Waals surface area contributed by atoms with Crippen LogP contribution in [0.5, 0.6) is 0 Å². The smallest absolute Gasteiger partial charge is 0.0456 e. The zero-order chi connectivity index (χ0) is 11.5. The molecule has 2 aromatic rings. The normalized spacial score (nSPS) is 10.4. The molecule has 3 heteroatoms. The molecule has 0 amide bonds. The predicted octanol–water partition coefficient (Wildman–Crippen LogP) is 4.38. The molecule has 16 heavy (non-hydrogen) atoms. The van der Waals surface area contributed by atoms with Crippen molar-refractivity contribution >= 4 is 29.1 Å². The van der Waals surface area contributed by atoms with Crippen molar-refractivity contribution in [1.82, 2.24) is 0 Å². The molecule has 2 aromatic carbocycles. The van der Waals surface area contributed by atoms with Gasteiger partial charge in [0.15, 0.2) is 0 Å². The number of halogens is 1. The summed E-state index contributed by atoms with van der Waals surface area (Å²) in [5.41, 5.74) is 7.90. The molecule has 1 nitrogen and oxygen atoms in total. The molecule has 0 aliphatic heterocycles. The summed E-state index contributed by atoms with van der Waals surface area (Å²) < 4.78 is 0. The Morgan fingerprint density at radius 3 is 2.44 bits per heavy atom. The fourth-order valence-corrected chi connectivity index (χ4v) is 2.46. The van der Waals surface area contributed by atoms with Crippen LogP contribution >= 0.6 is 23.4 Å². The summed E-state index contributed by atoms with van der Waals surface area (Å²) in [5, 5.41) is 0.712. The van der Waals surface area contributed by atoms with Crippen LogP contribution in [0.4, 0.5) is 5.69 Å². The van der Waals surface area contributed by atoms with Gasteiger partial charge < -0.3 is 5.73 Å². The van der Waals surface area contributed by atoms with Gasteiger partial charge in [0.25, 0.3) is 0 Å². The maximum Gasteiger partial charge on any atom is 0.0456 e. The minimum absolute atomic E-state index is 0.712. The Balaban J connectivity index is 2.26. The third-order valence-corrected chi connectivity index (χ3v) is 3.54. The lowest BCUT2D eigenvalue weighted by Gasteiger charge is -2.06. The van der Waals surface area contributed by atoms with E-state index in [1.807, 2.05) is 12.1 Å². The van der Waals surface area contributed by atoms with Crippen molar-refractivity contribution in [2.45, 2.75) is 16.7 Å². The van der Waals surface area contributed by atoms with Gasteiger partial charge in [0.1, 0.15) is 0 Å². The van der Waals surface area contributed by atoms with Gasteiger partial charge in [-0.3, -0.25) is 0 Å². The fraction of sp³-hybridized carbons (Fsp3) is 0.0769. The van der Waals surface area contributed by atoms with E-state index in [9.17, 15) is 0 Å². The van der Waals surface area contributed by atoms with Crippen molar-refractivity contribution in [3.63, 3.8) is 0 Å². The number of aryl methyl sites for hydroxylation is 1. The molecule has 0 radical (unpaired) electrons. The van der Waals surface area contributed by atoms with Crippen molar-refractivity contribution in [1.29, 1.82) is 0 Å². The molecule has 2 N–H and O–H groups in total. The minimum atomic E-state index is 0.712. The van der Waals surface area contributed by atoms with Gasteiger partial charge in [-0.25, -0.2) is 0 Å². The van der Waals surface area contributed by atoms with Gasteiger partial charge in [-0.05, 0) is 37.3 Å². The summed E-state index contributed by atoms with van der Waals surface area (Å²) in [6.45, 7) is 2.07. The van der Waals surface area contributed by atoms with Crippen molar-refractivity contribution in [3.05, 3.63) is 53.1 Å². The second kappa shape index (κ2) is 4.81. The van der Waals surface area contributed by atoms with E-state index in [1.165, 1.54) is 10.5 Å². The van der Waals surface area contributed by atoms with Crippen LogP contribution in [-0.2, 0) is 0 Å². The lowest BCUT2D eigenvalue weighted by Crippen LogP contribution is -1.87. The van der Waals surface area contributed by atoms with Gasteiger partial charge in [0.2, 0.25) is 0 Å². The molecular formula is C13H12ClNS. The minimum Gasteiger partial charge on any atom is -0.398 e. The summed E-state index contributed by atoms with van der Waals surface area (Å²) in [5.74, 6) is 0. The lowest BCUT2D eigenvalue weighted by atomic mass is 10.2. The Kier molecular flexibility index (Phi) is 3.42. The molecule has 0 fully saturated rings. The summed E-state index contributed by atoms with van der Waals surface area (Å²) in [6, 6.07) is 13.9. The number of benzene rings is 2. The van der Waals surface area contributed by atoms with Crippen LogP contribution in [0.2, 0.25) is 5.02 Å². The average Bonchev–Trinajstić information content (AvgIpc) is 2.27. The first-order valence-electron chi connectivity index (χ1n) is 4.95. The van der Waals surface area contributed by atoms with Gasteiger partial charge in [0.05, 0.1) is 0 Å². The molecule has 0 aliphatic rings. The molecule has 0 aliphatic carbocycles. The molecule has 0 unspecified atom stereocenters. The van der Waals surface area contributed by atoms with Crippen LogP contribution in [0.3, 0.4) is 0 Å². The number of hydrogen-bond acceptors (Lipinski definition) is 2. The van der Waals surface area contributed by atoms with Gasteiger partial charge >= 0.3 is 0 Å². The highest BCUT2D eigenvalue weighted by molar-refractivity contribution is 7.99. The summed E-state index contributed by atoms with van der Waals surface area (Å²) >= 11 is 7.57. The quantitative estimate of drug-likeness (QED) is 0.800. The molecule has 0 atom stereocenters. The van der Waals surface area contributed by atoms with Crippen LogP contribution in [0.25, 0.3) is 0 Å². The Hall–Kier alpha value is -1.12. The SMILES string of the molecule is Cc1ccc(Sc2cc(Cl)ccc2N)cc1. The molecule has 0 spiro atoms. The molecule has 0 heterocycles. The highest BCUT2D eigenvalue weighted by Gasteiger charge is 2.02. The summed E-state index contributed by atoms with van der Waals surface area (Å²) in [6.07, 6.45) is 0. The van der Waals surface area contributed by atoms with Crippen LogP contribution < -0.4 is 5.73 Å². The Morgan fingerprint density at radius 2 is 1.75 bits per heavy atom. The lowest BCUT2D eigenvalue weighted by molar-refractivity contribution is 1.36. The zero-order valence-corrected chi connectivity index (χ0v) is 10.5. The Bertz CT molecular complexity index is 494. The van der Waals surface area contributed by atoms with Crippen molar-refractivity contribution in [3.8, 4) is 0 Å². The van der Waals surface area contributed by atoms with Gasteiger partial charge in [-0.2, -0.15) is 0 Å². The Labute approximate surface area is 105 Å². The number of anilines is 1. The number of rotatable bonds is 2. The highest BCUT2D eigenvalue weighted by atomic mass is 35.5. The van der Waals surface area contributed by atoms with E-state index in [2.05, 4.69) is 31.2 Å². The fourth-order valence-electron chi connectivity index (χ4n) is 1.33. The van der Waals surface area contributed by atoms with E-state index >= 15 is 0 Å². The summed E-state index contributed by atoms with van der Waals surface area (Å²) in [7, 11) is 0. The first kappa shape index (κ1) is 11.4. The average molecular weight is 250 g/mol. The monoisotopic (exact) mass is 249 g/mol. The topological polar surface area (TPSA) is 26.0 Å². The molecule has 2 rings (SSSR count). The van der Waals surface area contributed by atoms with E-state index in [0.29, 0.717) is 5.02 Å². The van der Waals surface area contributed by atoms with Crippen LogP contribution in [0, 0.1) is 6.92 Å². The van der Waals surface area contributed by atoms with E-state index in [1.54, 1.807) is 17.8 Å². The zero-order valence-electron chi connectivity index (χ0n) is 8.91. The second-order valence-corrected chi connectivity index (χ2v) is 5.15. The molecule has 0 aromatic heterocycles. The van der Waals surface area contributed by atoms with Crippen molar-refractivity contribution in [2.75, 3.05) is 5.73 Å². The maximum atomic E-state index is 5.94. The molecule has 0 bridgehead atoms. The third-order valence-electron chi connectivity index (χ3n) is 2.22. The maximum absolute atomic E-state index is 5.94. The largest absolute Gasteiger partial charge is 0.398 e. The molecular weight excluding hydrogens is 238 g/mol. The third kappa shape index (κ3) is 2.71. The summed E-state index contributed by atoms with van der Waals surface area (Å²) in [4.78, 5) is 2.16. The molecule has 0 saturated carbocycles. The first-order chi connectivity index (χ1) is 7.65. The standard InChI is InChI=1S/C13H12ClNS/c1-9-2-5-11(6-3-9)16-13-8-10(14)4-7-12(13)15/h2-8H,15H2,1H3. The number of nitrogens with two attached hydrogens (primary N) is 1. The number of nitrogen functional groups attached to an aromatic ring is 1. The second-order valence-electron chi connectivity index (χ2n) is 3.60. The van der Waals surface area contributed by atoms with E-state index in [-0.39, 0.29) is 0 Å². The predicted molar refractivity (Wildman–Crippen MR) is 71.2 cm³/mol. The van der Waals surface area contributed by atoms with Crippen molar-refractivity contribution < 1.29 is 0 Å². The van der Waals surface area contributed by atoms with E-state index in [4.69, 9.17) is 17.3 Å². The van der Waals surface area contributed by atoms with Crippen LogP contribution in [0.1, 0.15) is 5.56 Å². The van der Waals surface area contributed by atoms with Gasteiger partial charge in [0, 0.05) is 20.5 Å². The highest BCUT2D eigenvalue weighted by Crippen LogP contribution is 2.33. The van der Waals surface area contributed by atoms with E-state index in [0.717, 1.165) is 10.6 Å². The number of hydrogen-bond donors (Lipinski definition) is 1. The first-order valence-corrected chi connectivity index (χ1v) is 6.14. The van der Waals surface area contributed by atoms with Crippen LogP contribution in [-0.4, -0.2) is 0 Å². The molecule has 0 saturated heterocycles. The Morgan fingerprint density at radius 1 is 1.06 bits per heavy atom. The van der Waals surface area contributed by atoms with Crippen LogP contribution in [0.15, 0.2) is 52.3 Å². The van der Waals surface area contributed by atoms with Crippen molar-refractivity contribution in [2.24, 2.45) is 0 Å². The van der Waals surface area contributed by atoms with Gasteiger partial charge in [-0.15, -0.1) is 0 Å². The van der Waals surface area contributed by atoms with E-state index < -0.39 is 0 Å². The molecule has 82 valence electrons.